The van der Waals surface area contributed by atoms with Crippen LogP contribution in [0.2, 0.25) is 0 Å². The predicted molar refractivity (Wildman–Crippen MR) is 135 cm³/mol. The van der Waals surface area contributed by atoms with E-state index in [0.717, 1.165) is 32.4 Å². The van der Waals surface area contributed by atoms with Gasteiger partial charge in [0.1, 0.15) is 0 Å². The van der Waals surface area contributed by atoms with E-state index in [1.54, 1.807) is 5.56 Å². The van der Waals surface area contributed by atoms with Crippen LogP contribution >= 0.6 is 7.92 Å². The summed E-state index contributed by atoms with van der Waals surface area (Å²) in [6, 6.07) is 18.3. The average molecular weight is 423 g/mol. The van der Waals surface area contributed by atoms with Crippen LogP contribution < -0.4 is 21.1 Å². The van der Waals surface area contributed by atoms with Crippen LogP contribution in [0.15, 0.2) is 48.5 Å². The maximum atomic E-state index is 3.89. The molecule has 0 radical (unpaired) electrons. The number of aryl methyl sites for hydroxylation is 1. The molecule has 1 aliphatic rings. The van der Waals surface area contributed by atoms with Crippen LogP contribution in [0.1, 0.15) is 57.6 Å². The van der Waals surface area contributed by atoms with Crippen LogP contribution in [0, 0.1) is 0 Å². The van der Waals surface area contributed by atoms with Crippen LogP contribution in [0.5, 0.6) is 0 Å². The molecule has 0 heterocycles. The lowest BCUT2D eigenvalue weighted by Crippen LogP contribution is -2.35. The number of hydrogen-bond acceptors (Lipinski definition) is 2. The lowest BCUT2D eigenvalue weighted by Gasteiger charge is -2.31. The molecule has 1 fully saturated rings. The third-order valence-electron chi connectivity index (χ3n) is 6.30. The molecule has 0 aromatic heterocycles. The number of benzene rings is 2. The van der Waals surface area contributed by atoms with Crippen LogP contribution in [0.25, 0.3) is 12.3 Å². The molecule has 0 saturated heterocycles. The maximum absolute atomic E-state index is 3.89. The lowest BCUT2D eigenvalue weighted by atomic mass is 10.1. The Balaban J connectivity index is 1.93. The zero-order valence-electron chi connectivity index (χ0n) is 19.2. The van der Waals surface area contributed by atoms with E-state index in [1.807, 2.05) is 0 Å². The van der Waals surface area contributed by atoms with Crippen molar-refractivity contribution in [2.24, 2.45) is 0 Å². The monoisotopic (exact) mass is 422 g/mol. The van der Waals surface area contributed by atoms with Gasteiger partial charge in [-0.25, -0.2) is 0 Å². The Morgan fingerprint density at radius 3 is 2.20 bits per heavy atom. The van der Waals surface area contributed by atoms with Crippen molar-refractivity contribution in [3.63, 3.8) is 0 Å². The van der Waals surface area contributed by atoms with Crippen LogP contribution in [0.4, 0.5) is 0 Å². The minimum absolute atomic E-state index is 0.231. The van der Waals surface area contributed by atoms with Crippen molar-refractivity contribution in [2.45, 2.75) is 63.8 Å². The van der Waals surface area contributed by atoms with E-state index in [1.165, 1.54) is 28.8 Å². The van der Waals surface area contributed by atoms with Gasteiger partial charge >= 0.3 is 0 Å². The summed E-state index contributed by atoms with van der Waals surface area (Å²) in [5, 5.41) is 10.3. The first kappa shape index (κ1) is 23.0. The SMILES string of the molecule is CCCN/C=c1\cccc\c1=C\C(NCCC)P(C)C1(c2ccc(CC)cc2)CC1. The lowest BCUT2D eigenvalue weighted by molar-refractivity contribution is 0.704. The van der Waals surface area contributed by atoms with Crippen molar-refractivity contribution in [1.82, 2.24) is 10.6 Å². The smallest absolute Gasteiger partial charge is 0.0466 e. The van der Waals surface area contributed by atoms with E-state index >= 15 is 0 Å². The van der Waals surface area contributed by atoms with Crippen LogP contribution in [-0.2, 0) is 11.6 Å². The molecule has 0 bridgehead atoms. The summed E-state index contributed by atoms with van der Waals surface area (Å²) in [5.41, 5.74) is 2.99. The highest BCUT2D eigenvalue weighted by molar-refractivity contribution is 7.59. The van der Waals surface area contributed by atoms with Gasteiger partial charge in [-0.15, -0.1) is 0 Å². The van der Waals surface area contributed by atoms with Crippen molar-refractivity contribution in [1.29, 1.82) is 0 Å². The summed E-state index contributed by atoms with van der Waals surface area (Å²) in [5.74, 6) is 0.425. The van der Waals surface area contributed by atoms with E-state index in [4.69, 9.17) is 0 Å². The Morgan fingerprint density at radius 1 is 0.933 bits per heavy atom. The van der Waals surface area contributed by atoms with E-state index in [2.05, 4.69) is 98.9 Å². The van der Waals surface area contributed by atoms with Crippen molar-refractivity contribution >= 4 is 20.2 Å². The van der Waals surface area contributed by atoms with Gasteiger partial charge in [0.2, 0.25) is 0 Å². The second kappa shape index (κ2) is 11.1. The molecule has 2 aromatic rings. The van der Waals surface area contributed by atoms with E-state index in [9.17, 15) is 0 Å². The molecule has 1 aliphatic carbocycles. The number of rotatable bonds is 11. The first-order chi connectivity index (χ1) is 14.6. The molecule has 0 aliphatic heterocycles. The molecule has 2 aromatic carbocycles. The molecule has 162 valence electrons. The molecule has 2 unspecified atom stereocenters. The Bertz CT molecular complexity index is 899. The van der Waals surface area contributed by atoms with Crippen molar-refractivity contribution in [3.05, 3.63) is 70.1 Å². The third-order valence-corrected chi connectivity index (χ3v) is 9.53. The fourth-order valence-corrected chi connectivity index (χ4v) is 6.86. The predicted octanol–water partition coefficient (Wildman–Crippen LogP) is 4.89. The summed E-state index contributed by atoms with van der Waals surface area (Å²) in [4.78, 5) is 0. The number of nitrogens with one attached hydrogen (secondary N) is 2. The maximum Gasteiger partial charge on any atom is 0.0466 e. The van der Waals surface area contributed by atoms with Gasteiger partial charge in [0.05, 0.1) is 0 Å². The Hall–Kier alpha value is -1.63. The Kier molecular flexibility index (Phi) is 8.54. The molecular formula is C27H39N2P. The molecule has 3 rings (SSSR count). The first-order valence-electron chi connectivity index (χ1n) is 11.7. The quantitative estimate of drug-likeness (QED) is 0.398. The highest BCUT2D eigenvalue weighted by Gasteiger charge is 2.50. The first-order valence-corrected chi connectivity index (χ1v) is 13.6. The highest BCUT2D eigenvalue weighted by atomic mass is 31.1. The normalized spacial score (nSPS) is 18.3. The van der Waals surface area contributed by atoms with Gasteiger partial charge in [-0.3, -0.25) is 0 Å². The molecule has 30 heavy (non-hydrogen) atoms. The van der Waals surface area contributed by atoms with Gasteiger partial charge in [-0.1, -0.05) is 83.3 Å². The molecule has 0 amide bonds. The molecule has 1 saturated carbocycles. The Labute approximate surface area is 184 Å². The minimum atomic E-state index is -0.231. The van der Waals surface area contributed by atoms with Gasteiger partial charge < -0.3 is 10.6 Å². The average Bonchev–Trinajstić information content (AvgIpc) is 3.59. The van der Waals surface area contributed by atoms with E-state index in [-0.39, 0.29) is 7.92 Å². The highest BCUT2D eigenvalue weighted by Crippen LogP contribution is 2.70. The summed E-state index contributed by atoms with van der Waals surface area (Å²) in [6.45, 7) is 11.3. The topological polar surface area (TPSA) is 24.1 Å². The second-order valence-corrected chi connectivity index (χ2v) is 11.1. The molecule has 2 atom stereocenters. The zero-order valence-corrected chi connectivity index (χ0v) is 20.1. The van der Waals surface area contributed by atoms with E-state index < -0.39 is 0 Å². The van der Waals surface area contributed by atoms with Gasteiger partial charge in [0, 0.05) is 23.7 Å². The van der Waals surface area contributed by atoms with Gasteiger partial charge in [0.15, 0.2) is 0 Å². The summed E-state index contributed by atoms with van der Waals surface area (Å²) < 4.78 is 0. The molecular weight excluding hydrogens is 383 g/mol. The van der Waals surface area contributed by atoms with Gasteiger partial charge in [0.25, 0.3) is 0 Å². The fourth-order valence-electron chi connectivity index (χ4n) is 4.17. The van der Waals surface area contributed by atoms with Crippen molar-refractivity contribution in [3.8, 4) is 0 Å². The molecule has 2 N–H and O–H groups in total. The second-order valence-electron chi connectivity index (χ2n) is 8.49. The number of hydrogen-bond donors (Lipinski definition) is 2. The largest absolute Gasteiger partial charge is 0.390 e. The summed E-state index contributed by atoms with van der Waals surface area (Å²) in [7, 11) is -0.231. The summed E-state index contributed by atoms with van der Waals surface area (Å²) >= 11 is 0. The van der Waals surface area contributed by atoms with E-state index in [0.29, 0.717) is 10.9 Å². The minimum Gasteiger partial charge on any atom is -0.390 e. The zero-order chi connectivity index (χ0) is 21.4. The summed E-state index contributed by atoms with van der Waals surface area (Å²) in [6.07, 6.45) is 10.7. The third kappa shape index (κ3) is 5.54. The van der Waals surface area contributed by atoms with Gasteiger partial charge in [-0.05, 0) is 66.9 Å². The van der Waals surface area contributed by atoms with Crippen molar-refractivity contribution in [2.75, 3.05) is 19.8 Å². The Morgan fingerprint density at radius 2 is 1.60 bits per heavy atom. The molecule has 3 heteroatoms. The molecule has 0 spiro atoms. The fraction of sp³-hybridized carbons (Fsp3) is 0.481. The van der Waals surface area contributed by atoms with Crippen molar-refractivity contribution < 1.29 is 0 Å². The van der Waals surface area contributed by atoms with Crippen LogP contribution in [0.3, 0.4) is 0 Å². The standard InChI is InChI=1S/C27H39N2P/c1-5-18-28-21-24-11-9-8-10-23(24)20-26(29-19-6-2)30(4)27(16-17-27)25-14-12-22(7-3)13-15-25/h8-15,20-21,26,28-29H,5-7,16-19H2,1-4H3/b23-20-,24-21+. The van der Waals surface area contributed by atoms with Gasteiger partial charge in [-0.2, -0.15) is 0 Å². The molecule has 2 nitrogen and oxygen atoms in total. The van der Waals surface area contributed by atoms with Crippen LogP contribution in [-0.4, -0.2) is 25.5 Å².